The van der Waals surface area contributed by atoms with Crippen LogP contribution >= 0.6 is 11.6 Å². The predicted molar refractivity (Wildman–Crippen MR) is 168 cm³/mol. The molecule has 2 N–H and O–H groups in total. The van der Waals surface area contributed by atoms with Gasteiger partial charge in [0.25, 0.3) is 5.91 Å². The summed E-state index contributed by atoms with van der Waals surface area (Å²) in [4.78, 5) is 50.8. The Balaban J connectivity index is 1.43. The summed E-state index contributed by atoms with van der Waals surface area (Å²) >= 11 is 6.68. The molecular weight excluding hydrogens is 584 g/mol. The minimum absolute atomic E-state index is 0.0288. The number of para-hydroxylation sites is 1. The Morgan fingerprint density at radius 2 is 2.00 bits per heavy atom. The van der Waals surface area contributed by atoms with Crippen molar-refractivity contribution in [3.8, 4) is 17.4 Å². The SMILES string of the molecule is CN(C)C/C=C/C(=O)N1CCCC[C@@H](n2c(NC(=O)c3ccnc(Oc4cccc(O)c4C=O)c3)nc3cccc(Cl)c32)C1. The summed E-state index contributed by atoms with van der Waals surface area (Å²) in [7, 11) is 3.89. The molecule has 11 nitrogen and oxygen atoms in total. The van der Waals surface area contributed by atoms with Crippen molar-refractivity contribution in [3.05, 3.63) is 83.0 Å². The lowest BCUT2D eigenvalue weighted by Crippen LogP contribution is -2.34. The lowest BCUT2D eigenvalue weighted by molar-refractivity contribution is -0.126. The highest BCUT2D eigenvalue weighted by atomic mass is 35.5. The second-order valence-electron chi connectivity index (χ2n) is 10.8. The second kappa shape index (κ2) is 13.7. The van der Waals surface area contributed by atoms with Crippen LogP contribution in [-0.4, -0.2) is 81.3 Å². The summed E-state index contributed by atoms with van der Waals surface area (Å²) in [6.45, 7) is 1.73. The second-order valence-corrected chi connectivity index (χ2v) is 11.2. The van der Waals surface area contributed by atoms with Gasteiger partial charge in [-0.15, -0.1) is 0 Å². The first-order chi connectivity index (χ1) is 21.2. The van der Waals surface area contributed by atoms with Crippen LogP contribution in [0.4, 0.5) is 5.95 Å². The molecular formula is C32H33ClN6O5. The Morgan fingerprint density at radius 3 is 2.80 bits per heavy atom. The molecule has 0 unspecified atom stereocenters. The highest BCUT2D eigenvalue weighted by Crippen LogP contribution is 2.34. The molecule has 0 spiro atoms. The Morgan fingerprint density at radius 1 is 1.18 bits per heavy atom. The van der Waals surface area contributed by atoms with Crippen molar-refractivity contribution in [2.75, 3.05) is 39.0 Å². The summed E-state index contributed by atoms with van der Waals surface area (Å²) in [5.41, 5.74) is 1.50. The van der Waals surface area contributed by atoms with Crippen LogP contribution in [0, 0.1) is 0 Å². The third-order valence-electron chi connectivity index (χ3n) is 7.31. The highest BCUT2D eigenvalue weighted by molar-refractivity contribution is 6.35. The van der Waals surface area contributed by atoms with Gasteiger partial charge in [-0.1, -0.05) is 29.8 Å². The number of phenolic OH excluding ortho intramolecular Hbond substituents is 1. The van der Waals surface area contributed by atoms with Crippen LogP contribution < -0.4 is 10.1 Å². The third-order valence-corrected chi connectivity index (χ3v) is 7.62. The number of benzene rings is 2. The van der Waals surface area contributed by atoms with Crippen molar-refractivity contribution in [2.24, 2.45) is 0 Å². The van der Waals surface area contributed by atoms with E-state index in [-0.39, 0.29) is 40.5 Å². The van der Waals surface area contributed by atoms with Gasteiger partial charge in [-0.25, -0.2) is 9.97 Å². The molecule has 1 saturated heterocycles. The Labute approximate surface area is 259 Å². The number of ether oxygens (including phenoxy) is 1. The molecule has 0 aliphatic carbocycles. The molecule has 0 bridgehead atoms. The van der Waals surface area contributed by atoms with Crippen molar-refractivity contribution in [3.63, 3.8) is 0 Å². The van der Waals surface area contributed by atoms with Gasteiger partial charge in [0.05, 0.1) is 27.7 Å². The number of nitrogens with one attached hydrogen (secondary N) is 1. The number of hydrogen-bond acceptors (Lipinski definition) is 8. The fourth-order valence-corrected chi connectivity index (χ4v) is 5.44. The van der Waals surface area contributed by atoms with Gasteiger partial charge in [-0.05, 0) is 63.7 Å². The van der Waals surface area contributed by atoms with E-state index in [2.05, 4.69) is 10.3 Å². The molecule has 1 aliphatic rings. The van der Waals surface area contributed by atoms with E-state index in [4.69, 9.17) is 21.3 Å². The van der Waals surface area contributed by atoms with Gasteiger partial charge in [0.2, 0.25) is 17.7 Å². The first kappa shape index (κ1) is 30.7. The van der Waals surface area contributed by atoms with E-state index in [0.29, 0.717) is 47.9 Å². The van der Waals surface area contributed by atoms with Gasteiger partial charge in [0.15, 0.2) is 6.29 Å². The van der Waals surface area contributed by atoms with E-state index in [9.17, 15) is 19.5 Å². The van der Waals surface area contributed by atoms with Gasteiger partial charge in [-0.2, -0.15) is 0 Å². The summed E-state index contributed by atoms with van der Waals surface area (Å²) in [5.74, 6) is -0.296. The molecule has 12 heteroatoms. The summed E-state index contributed by atoms with van der Waals surface area (Å²) in [5, 5.41) is 13.4. The van der Waals surface area contributed by atoms with Crippen LogP contribution in [0.25, 0.3) is 11.0 Å². The van der Waals surface area contributed by atoms with Crippen molar-refractivity contribution < 1.29 is 24.2 Å². The fraction of sp³-hybridized carbons (Fsp3) is 0.281. The van der Waals surface area contributed by atoms with Crippen LogP contribution in [-0.2, 0) is 4.79 Å². The standard InChI is InChI=1S/C32H33ClN6O5/c1-37(2)16-7-13-29(42)38-17-4-3-8-22(19-38)39-30-24(33)9-5-10-25(30)35-32(39)36-31(43)21-14-15-34-28(18-21)44-27-12-6-11-26(41)23(27)20-40/h5-7,9-15,18,20,22,41H,3-4,8,16-17,19H2,1-2H3,(H,35,36,43)/b13-7+/t22-/m1/s1. The van der Waals surface area contributed by atoms with Gasteiger partial charge < -0.3 is 24.2 Å². The number of imidazole rings is 1. The van der Waals surface area contributed by atoms with E-state index < -0.39 is 5.91 Å². The smallest absolute Gasteiger partial charge is 0.258 e. The number of likely N-dealkylation sites (N-methyl/N-ethyl adjacent to an activating group) is 1. The lowest BCUT2D eigenvalue weighted by atomic mass is 10.1. The molecule has 0 radical (unpaired) electrons. The van der Waals surface area contributed by atoms with Crippen LogP contribution in [0.2, 0.25) is 5.02 Å². The first-order valence-electron chi connectivity index (χ1n) is 14.2. The van der Waals surface area contributed by atoms with Crippen molar-refractivity contribution in [2.45, 2.75) is 25.3 Å². The maximum absolute atomic E-state index is 13.6. The van der Waals surface area contributed by atoms with Gasteiger partial charge in [0, 0.05) is 43.5 Å². The Hall–Kier alpha value is -4.74. The number of rotatable bonds is 9. The molecule has 44 heavy (non-hydrogen) atoms. The van der Waals surface area contributed by atoms with E-state index in [1.54, 1.807) is 18.2 Å². The molecule has 2 aromatic carbocycles. The molecule has 0 saturated carbocycles. The van der Waals surface area contributed by atoms with Crippen LogP contribution in [0.5, 0.6) is 17.4 Å². The fourth-order valence-electron chi connectivity index (χ4n) is 5.18. The molecule has 1 aliphatic heterocycles. The average Bonchev–Trinajstić information content (AvgIpc) is 3.19. The topological polar surface area (TPSA) is 130 Å². The zero-order chi connectivity index (χ0) is 31.2. The monoisotopic (exact) mass is 616 g/mol. The largest absolute Gasteiger partial charge is 0.507 e. The van der Waals surface area contributed by atoms with Crippen LogP contribution in [0.15, 0.2) is 66.9 Å². The number of hydrogen-bond donors (Lipinski definition) is 2. The number of phenols is 1. The number of fused-ring (bicyclic) bond motifs is 1. The minimum atomic E-state index is -0.468. The number of aldehydes is 1. The number of aromatic nitrogens is 3. The number of likely N-dealkylation sites (tertiary alicyclic amines) is 1. The highest BCUT2D eigenvalue weighted by Gasteiger charge is 2.27. The first-order valence-corrected chi connectivity index (χ1v) is 14.6. The van der Waals surface area contributed by atoms with Gasteiger partial charge in [0.1, 0.15) is 11.5 Å². The molecule has 5 rings (SSSR count). The van der Waals surface area contributed by atoms with E-state index >= 15 is 0 Å². The number of nitrogens with zero attached hydrogens (tertiary/aromatic N) is 5. The molecule has 2 amide bonds. The summed E-state index contributed by atoms with van der Waals surface area (Å²) in [6, 6.07) is 12.6. The molecule has 2 aromatic heterocycles. The predicted octanol–water partition coefficient (Wildman–Crippen LogP) is 5.32. The Bertz CT molecular complexity index is 1720. The molecule has 1 atom stereocenters. The number of anilines is 1. The van der Waals surface area contributed by atoms with Crippen LogP contribution in [0.3, 0.4) is 0 Å². The quantitative estimate of drug-likeness (QED) is 0.191. The molecule has 4 aromatic rings. The van der Waals surface area contributed by atoms with Crippen LogP contribution in [0.1, 0.15) is 46.0 Å². The van der Waals surface area contributed by atoms with Crippen molar-refractivity contribution in [1.82, 2.24) is 24.3 Å². The number of halogens is 1. The zero-order valence-corrected chi connectivity index (χ0v) is 25.2. The molecule has 1 fully saturated rings. The van der Waals surface area contributed by atoms with E-state index in [1.807, 2.05) is 40.6 Å². The van der Waals surface area contributed by atoms with Crippen molar-refractivity contribution in [1.29, 1.82) is 0 Å². The normalized spacial score (nSPS) is 15.5. The third kappa shape index (κ3) is 6.90. The van der Waals surface area contributed by atoms with Gasteiger partial charge >= 0.3 is 0 Å². The number of carbonyl (C=O) groups excluding carboxylic acids is 3. The maximum atomic E-state index is 13.6. The Kier molecular flexibility index (Phi) is 9.56. The zero-order valence-electron chi connectivity index (χ0n) is 24.4. The van der Waals surface area contributed by atoms with Gasteiger partial charge in [-0.3, -0.25) is 19.7 Å². The number of aromatic hydroxyl groups is 1. The molecule has 3 heterocycles. The van der Waals surface area contributed by atoms with Crippen molar-refractivity contribution >= 4 is 46.7 Å². The van der Waals surface area contributed by atoms with E-state index in [1.165, 1.54) is 36.5 Å². The maximum Gasteiger partial charge on any atom is 0.258 e. The number of carbonyl (C=O) groups is 3. The minimum Gasteiger partial charge on any atom is -0.507 e. The summed E-state index contributed by atoms with van der Waals surface area (Å²) in [6.07, 6.45) is 7.87. The lowest BCUT2D eigenvalue weighted by Gasteiger charge is -2.26. The molecule has 228 valence electrons. The average molecular weight is 617 g/mol. The summed E-state index contributed by atoms with van der Waals surface area (Å²) < 4.78 is 7.65. The number of amides is 2. The van der Waals surface area contributed by atoms with E-state index in [0.717, 1.165) is 19.3 Å². The number of pyridine rings is 1.